The normalized spacial score (nSPS) is 19.7. The Labute approximate surface area is 192 Å². The van der Waals surface area contributed by atoms with Gasteiger partial charge >= 0.3 is 0 Å². The maximum Gasteiger partial charge on any atom is 0.268 e. The fourth-order valence-electron chi connectivity index (χ4n) is 4.29. The first-order chi connectivity index (χ1) is 15.4. The lowest BCUT2D eigenvalue weighted by molar-refractivity contribution is -0.123. The smallest absolute Gasteiger partial charge is 0.268 e. The van der Waals surface area contributed by atoms with Gasteiger partial charge in [0.1, 0.15) is 11.6 Å². The molecule has 3 aromatic rings. The minimum absolute atomic E-state index is 0.0623. The number of carbonyl (C=O) groups excluding carboxylic acids is 2. The van der Waals surface area contributed by atoms with Gasteiger partial charge < -0.3 is 9.80 Å². The SMILES string of the molecule is O=C(c1ccc(Cl)cc1)N1CCS[C@]12C(=O)N(Cc1ccc(F)cc1F)c1ccccc12. The highest BCUT2D eigenvalue weighted by Gasteiger charge is 2.59. The molecule has 8 heteroatoms. The highest BCUT2D eigenvalue weighted by molar-refractivity contribution is 8.01. The summed E-state index contributed by atoms with van der Waals surface area (Å²) in [6, 6.07) is 17.1. The Hall–Kier alpha value is -2.90. The number of nitrogens with zero attached hydrogens (tertiary/aromatic N) is 2. The summed E-state index contributed by atoms with van der Waals surface area (Å²) in [7, 11) is 0. The maximum absolute atomic E-state index is 14.4. The van der Waals surface area contributed by atoms with Crippen LogP contribution in [0.5, 0.6) is 0 Å². The van der Waals surface area contributed by atoms with Gasteiger partial charge in [-0.15, -0.1) is 11.8 Å². The van der Waals surface area contributed by atoms with E-state index in [1.54, 1.807) is 41.3 Å². The second kappa shape index (κ2) is 7.90. The molecule has 0 saturated carbocycles. The summed E-state index contributed by atoms with van der Waals surface area (Å²) >= 11 is 7.35. The molecule has 2 aliphatic rings. The van der Waals surface area contributed by atoms with E-state index in [0.29, 0.717) is 34.1 Å². The van der Waals surface area contributed by atoms with Crippen molar-refractivity contribution in [3.63, 3.8) is 0 Å². The zero-order chi connectivity index (χ0) is 22.5. The molecule has 0 bridgehead atoms. The number of rotatable bonds is 3. The van der Waals surface area contributed by atoms with E-state index in [0.717, 1.165) is 6.07 Å². The molecule has 2 aliphatic heterocycles. The van der Waals surface area contributed by atoms with Gasteiger partial charge in [0.2, 0.25) is 0 Å². The predicted octanol–water partition coefficient (Wildman–Crippen LogP) is 5.21. The molecule has 2 amide bonds. The summed E-state index contributed by atoms with van der Waals surface area (Å²) in [5.74, 6) is -1.40. The Bertz CT molecular complexity index is 1240. The van der Waals surface area contributed by atoms with Gasteiger partial charge in [-0.1, -0.05) is 35.9 Å². The van der Waals surface area contributed by atoms with E-state index >= 15 is 0 Å². The fourth-order valence-corrected chi connectivity index (χ4v) is 5.88. The molecule has 1 spiro atoms. The van der Waals surface area contributed by atoms with Crippen LogP contribution in [0.4, 0.5) is 14.5 Å². The molecule has 3 aromatic carbocycles. The molecule has 0 aliphatic carbocycles. The summed E-state index contributed by atoms with van der Waals surface area (Å²) in [4.78, 5) is 29.1. The van der Waals surface area contributed by atoms with Gasteiger partial charge in [-0.25, -0.2) is 8.78 Å². The van der Waals surface area contributed by atoms with E-state index in [1.807, 2.05) is 12.1 Å². The quantitative estimate of drug-likeness (QED) is 0.528. The van der Waals surface area contributed by atoms with E-state index in [1.165, 1.54) is 28.8 Å². The van der Waals surface area contributed by atoms with E-state index in [2.05, 4.69) is 0 Å². The third-order valence-electron chi connectivity index (χ3n) is 5.78. The molecule has 162 valence electrons. The predicted molar refractivity (Wildman–Crippen MR) is 121 cm³/mol. The van der Waals surface area contributed by atoms with E-state index in [9.17, 15) is 18.4 Å². The number of anilines is 1. The van der Waals surface area contributed by atoms with Crippen molar-refractivity contribution in [2.24, 2.45) is 0 Å². The van der Waals surface area contributed by atoms with Crippen molar-refractivity contribution in [1.29, 1.82) is 0 Å². The third kappa shape index (κ3) is 3.19. The highest BCUT2D eigenvalue weighted by Crippen LogP contribution is 2.54. The number of halogens is 3. The van der Waals surface area contributed by atoms with Crippen LogP contribution >= 0.6 is 23.4 Å². The lowest BCUT2D eigenvalue weighted by Crippen LogP contribution is -2.50. The number of carbonyl (C=O) groups is 2. The number of amides is 2. The van der Waals surface area contributed by atoms with Gasteiger partial charge in [-0.3, -0.25) is 9.59 Å². The summed E-state index contributed by atoms with van der Waals surface area (Å²) in [6.07, 6.45) is 0. The van der Waals surface area contributed by atoms with Gasteiger partial charge in [0.15, 0.2) is 4.87 Å². The van der Waals surface area contributed by atoms with Crippen molar-refractivity contribution in [2.75, 3.05) is 17.2 Å². The molecule has 1 atom stereocenters. The summed E-state index contributed by atoms with van der Waals surface area (Å²) < 4.78 is 27.7. The Morgan fingerprint density at radius 2 is 1.81 bits per heavy atom. The van der Waals surface area contributed by atoms with E-state index in [-0.39, 0.29) is 23.9 Å². The Balaban J connectivity index is 1.57. The van der Waals surface area contributed by atoms with Crippen LogP contribution < -0.4 is 4.90 Å². The maximum atomic E-state index is 14.4. The zero-order valence-corrected chi connectivity index (χ0v) is 18.3. The van der Waals surface area contributed by atoms with Crippen LogP contribution in [0.2, 0.25) is 5.02 Å². The molecule has 1 saturated heterocycles. The van der Waals surface area contributed by atoms with Crippen LogP contribution in [0.25, 0.3) is 0 Å². The van der Waals surface area contributed by atoms with Crippen molar-refractivity contribution in [2.45, 2.75) is 11.4 Å². The highest BCUT2D eigenvalue weighted by atomic mass is 35.5. The molecule has 1 fully saturated rings. The molecule has 4 nitrogen and oxygen atoms in total. The summed E-state index contributed by atoms with van der Waals surface area (Å²) in [5.41, 5.74) is 1.94. The van der Waals surface area contributed by atoms with Crippen LogP contribution in [0, 0.1) is 11.6 Å². The van der Waals surface area contributed by atoms with Crippen molar-refractivity contribution >= 4 is 40.9 Å². The number of thioether (sulfide) groups is 1. The standard InChI is InChI=1S/C24H17ClF2N2O2S/c25-17-8-5-15(6-9-17)22(30)29-11-12-32-24(29)19-3-1-2-4-21(19)28(23(24)31)14-16-7-10-18(26)13-20(16)27/h1-10,13H,11-12,14H2/t24-/m1/s1. The first kappa shape index (κ1) is 21.0. The molecule has 0 N–H and O–H groups in total. The number of para-hydroxylation sites is 1. The first-order valence-corrected chi connectivity index (χ1v) is 11.3. The summed E-state index contributed by atoms with van der Waals surface area (Å²) in [6.45, 7) is 0.332. The topological polar surface area (TPSA) is 40.6 Å². The average Bonchev–Trinajstić information content (AvgIpc) is 3.33. The minimum atomic E-state index is -1.23. The minimum Gasteiger partial charge on any atom is -0.311 e. The number of fused-ring (bicyclic) bond motifs is 2. The van der Waals surface area contributed by atoms with Crippen LogP contribution in [0.3, 0.4) is 0 Å². The van der Waals surface area contributed by atoms with Crippen LogP contribution in [0.1, 0.15) is 21.5 Å². The number of hydrogen-bond donors (Lipinski definition) is 0. The lowest BCUT2D eigenvalue weighted by Gasteiger charge is -2.33. The Kier molecular flexibility index (Phi) is 5.18. The van der Waals surface area contributed by atoms with E-state index in [4.69, 9.17) is 11.6 Å². The van der Waals surface area contributed by atoms with Crippen molar-refractivity contribution < 1.29 is 18.4 Å². The average molecular weight is 471 g/mol. The Morgan fingerprint density at radius 3 is 2.56 bits per heavy atom. The Morgan fingerprint density at radius 1 is 1.06 bits per heavy atom. The van der Waals surface area contributed by atoms with Gasteiger partial charge in [-0.2, -0.15) is 0 Å². The molecule has 0 unspecified atom stereocenters. The van der Waals surface area contributed by atoms with Crippen molar-refractivity contribution in [1.82, 2.24) is 4.90 Å². The van der Waals surface area contributed by atoms with Crippen LogP contribution in [-0.4, -0.2) is 29.0 Å². The lowest BCUT2D eigenvalue weighted by atomic mass is 10.0. The number of benzene rings is 3. The first-order valence-electron chi connectivity index (χ1n) is 9.99. The summed E-state index contributed by atoms with van der Waals surface area (Å²) in [5, 5.41) is 0.516. The second-order valence-corrected chi connectivity index (χ2v) is 9.32. The molecule has 32 heavy (non-hydrogen) atoms. The van der Waals surface area contributed by atoms with Crippen LogP contribution in [0.15, 0.2) is 66.7 Å². The van der Waals surface area contributed by atoms with Gasteiger partial charge in [0, 0.05) is 40.1 Å². The number of hydrogen-bond acceptors (Lipinski definition) is 3. The molecule has 5 rings (SSSR count). The monoisotopic (exact) mass is 470 g/mol. The molecular formula is C24H17ClF2N2O2S. The fraction of sp³-hybridized carbons (Fsp3) is 0.167. The van der Waals surface area contributed by atoms with Gasteiger partial charge in [0.05, 0.1) is 12.2 Å². The zero-order valence-electron chi connectivity index (χ0n) is 16.7. The van der Waals surface area contributed by atoms with E-state index < -0.39 is 16.5 Å². The molecule has 2 heterocycles. The van der Waals surface area contributed by atoms with Gasteiger partial charge in [-0.05, 0) is 36.4 Å². The van der Waals surface area contributed by atoms with Crippen molar-refractivity contribution in [3.05, 3.63) is 100 Å². The van der Waals surface area contributed by atoms with Crippen LogP contribution in [-0.2, 0) is 16.2 Å². The van der Waals surface area contributed by atoms with Crippen molar-refractivity contribution in [3.8, 4) is 0 Å². The second-order valence-electron chi connectivity index (χ2n) is 7.60. The third-order valence-corrected chi connectivity index (χ3v) is 7.45. The molecule has 0 radical (unpaired) electrons. The largest absolute Gasteiger partial charge is 0.311 e. The molecular weight excluding hydrogens is 454 g/mol. The molecule has 0 aromatic heterocycles. The van der Waals surface area contributed by atoms with Gasteiger partial charge in [0.25, 0.3) is 11.8 Å².